The number of ketones is 1. The molecule has 0 bridgehead atoms. The fourth-order valence-corrected chi connectivity index (χ4v) is 3.56. The number of carbonyl (C=O) groups excluding carboxylic acids is 2. The Morgan fingerprint density at radius 3 is 2.61 bits per heavy atom. The van der Waals surface area contributed by atoms with E-state index in [4.69, 9.17) is 4.74 Å². The van der Waals surface area contributed by atoms with Gasteiger partial charge in [0.1, 0.15) is 11.3 Å². The van der Waals surface area contributed by atoms with Gasteiger partial charge in [-0.15, -0.1) is 0 Å². The average molecular weight is 337 g/mol. The van der Waals surface area contributed by atoms with Gasteiger partial charge in [0.2, 0.25) is 0 Å². The number of carbonyl (C=O) groups is 3. The third kappa shape index (κ3) is 4.48. The van der Waals surface area contributed by atoms with Gasteiger partial charge in [-0.25, -0.2) is 4.79 Å². The minimum atomic E-state index is -1.20. The van der Waals surface area contributed by atoms with Gasteiger partial charge in [0.25, 0.3) is 5.91 Å². The number of rotatable bonds is 6. The highest BCUT2D eigenvalue weighted by molar-refractivity contribution is 7.99. The molecule has 0 aromatic heterocycles. The largest absolute Gasteiger partial charge is 0.484 e. The summed E-state index contributed by atoms with van der Waals surface area (Å²) in [4.78, 5) is 34.9. The normalized spacial score (nSPS) is 16.4. The molecule has 2 rings (SSSR count). The summed E-state index contributed by atoms with van der Waals surface area (Å²) in [5, 5.41) is 12.0. The first kappa shape index (κ1) is 17.3. The lowest BCUT2D eigenvalue weighted by atomic mass is 9.92. The number of ether oxygens (including phenoxy) is 1. The Labute approximate surface area is 138 Å². The standard InChI is InChI=1S/C16H19NO5S/c1-11(18)12-3-2-4-13(9-12)22-10-14(19)17-16(15(20)21)5-7-23-8-6-16/h2-4,9H,5-8,10H2,1H3,(H,17,19)(H,20,21). The van der Waals surface area contributed by atoms with E-state index in [9.17, 15) is 19.5 Å². The van der Waals surface area contributed by atoms with Crippen LogP contribution >= 0.6 is 11.8 Å². The smallest absolute Gasteiger partial charge is 0.329 e. The third-order valence-electron chi connectivity index (χ3n) is 3.74. The first-order valence-electron chi connectivity index (χ1n) is 7.29. The first-order chi connectivity index (χ1) is 10.9. The van der Waals surface area contributed by atoms with Crippen molar-refractivity contribution < 1.29 is 24.2 Å². The van der Waals surface area contributed by atoms with Crippen LogP contribution in [0.25, 0.3) is 0 Å². The summed E-state index contributed by atoms with van der Waals surface area (Å²) in [5.74, 6) is 0.223. The second-order valence-corrected chi connectivity index (χ2v) is 6.65. The molecule has 6 nitrogen and oxygen atoms in total. The molecule has 0 atom stereocenters. The number of benzene rings is 1. The van der Waals surface area contributed by atoms with E-state index >= 15 is 0 Å². The molecule has 1 heterocycles. The molecular weight excluding hydrogens is 318 g/mol. The molecule has 0 aliphatic carbocycles. The minimum absolute atomic E-state index is 0.0931. The maximum absolute atomic E-state index is 12.0. The third-order valence-corrected chi connectivity index (χ3v) is 4.73. The summed E-state index contributed by atoms with van der Waals surface area (Å²) in [6.45, 7) is 1.16. The van der Waals surface area contributed by atoms with Gasteiger partial charge < -0.3 is 15.2 Å². The molecule has 0 saturated carbocycles. The lowest BCUT2D eigenvalue weighted by molar-refractivity contribution is -0.148. The number of carboxylic acid groups (broad SMARTS) is 1. The van der Waals surface area contributed by atoms with Crippen LogP contribution in [0.5, 0.6) is 5.75 Å². The molecule has 1 aromatic carbocycles. The van der Waals surface area contributed by atoms with Gasteiger partial charge in [-0.1, -0.05) is 12.1 Å². The Hall–Kier alpha value is -2.02. The molecule has 0 unspecified atom stereocenters. The number of nitrogens with one attached hydrogen (secondary N) is 1. The quantitative estimate of drug-likeness (QED) is 0.768. The van der Waals surface area contributed by atoms with Crippen molar-refractivity contribution in [2.24, 2.45) is 0 Å². The van der Waals surface area contributed by atoms with Crippen molar-refractivity contribution in [2.45, 2.75) is 25.3 Å². The van der Waals surface area contributed by atoms with Crippen molar-refractivity contribution in [3.05, 3.63) is 29.8 Å². The van der Waals surface area contributed by atoms with Crippen LogP contribution in [-0.2, 0) is 9.59 Å². The number of amides is 1. The van der Waals surface area contributed by atoms with Gasteiger partial charge in [-0.2, -0.15) is 11.8 Å². The Balaban J connectivity index is 1.95. The number of aliphatic carboxylic acids is 1. The maximum Gasteiger partial charge on any atom is 0.329 e. The summed E-state index contributed by atoms with van der Waals surface area (Å²) in [7, 11) is 0. The summed E-state index contributed by atoms with van der Waals surface area (Å²) in [5.41, 5.74) is -0.707. The van der Waals surface area contributed by atoms with Gasteiger partial charge in [0.15, 0.2) is 12.4 Å². The van der Waals surface area contributed by atoms with Crippen molar-refractivity contribution in [3.63, 3.8) is 0 Å². The molecule has 1 aliphatic heterocycles. The highest BCUT2D eigenvalue weighted by atomic mass is 32.2. The molecular formula is C16H19NO5S. The minimum Gasteiger partial charge on any atom is -0.484 e. The molecule has 1 aromatic rings. The topological polar surface area (TPSA) is 92.7 Å². The number of hydrogen-bond donors (Lipinski definition) is 2. The number of carboxylic acids is 1. The van der Waals surface area contributed by atoms with Crippen LogP contribution in [0, 0.1) is 0 Å². The molecule has 1 amide bonds. The number of Topliss-reactive ketones (excluding diaryl/α,β-unsaturated/α-hetero) is 1. The summed E-state index contributed by atoms with van der Waals surface area (Å²) in [6.07, 6.45) is 0.803. The van der Waals surface area contributed by atoms with E-state index in [2.05, 4.69) is 5.32 Å². The van der Waals surface area contributed by atoms with Crippen LogP contribution in [0.1, 0.15) is 30.1 Å². The average Bonchev–Trinajstić information content (AvgIpc) is 2.54. The number of thioether (sulfide) groups is 1. The zero-order valence-corrected chi connectivity index (χ0v) is 13.6. The van der Waals surface area contributed by atoms with Crippen LogP contribution in [0.3, 0.4) is 0 Å². The molecule has 23 heavy (non-hydrogen) atoms. The molecule has 7 heteroatoms. The van der Waals surface area contributed by atoms with Gasteiger partial charge in [-0.3, -0.25) is 9.59 Å². The summed E-state index contributed by atoms with van der Waals surface area (Å²) < 4.78 is 5.36. The summed E-state index contributed by atoms with van der Waals surface area (Å²) in [6, 6.07) is 6.53. The van der Waals surface area contributed by atoms with Gasteiger partial charge in [0, 0.05) is 5.56 Å². The van der Waals surface area contributed by atoms with Gasteiger partial charge in [0.05, 0.1) is 0 Å². The van der Waals surface area contributed by atoms with Crippen LogP contribution in [0.2, 0.25) is 0 Å². The molecule has 124 valence electrons. The predicted molar refractivity (Wildman–Crippen MR) is 87.0 cm³/mol. The van der Waals surface area contributed by atoms with Crippen LogP contribution in [0.15, 0.2) is 24.3 Å². The first-order valence-corrected chi connectivity index (χ1v) is 8.44. The highest BCUT2D eigenvalue weighted by Gasteiger charge is 2.41. The Bertz CT molecular complexity index is 610. The van der Waals surface area contributed by atoms with Crippen LogP contribution < -0.4 is 10.1 Å². The van der Waals surface area contributed by atoms with E-state index in [0.29, 0.717) is 35.7 Å². The lowest BCUT2D eigenvalue weighted by Crippen LogP contribution is -2.57. The lowest BCUT2D eigenvalue weighted by Gasteiger charge is -2.33. The van der Waals surface area contributed by atoms with E-state index in [-0.39, 0.29) is 12.4 Å². The fraction of sp³-hybridized carbons (Fsp3) is 0.438. The zero-order valence-electron chi connectivity index (χ0n) is 12.8. The van der Waals surface area contributed by atoms with Crippen LogP contribution in [-0.4, -0.2) is 46.4 Å². The summed E-state index contributed by atoms with van der Waals surface area (Å²) >= 11 is 1.68. The van der Waals surface area contributed by atoms with E-state index in [1.54, 1.807) is 36.0 Å². The molecule has 0 spiro atoms. The molecule has 1 fully saturated rings. The van der Waals surface area contributed by atoms with Crippen molar-refractivity contribution >= 4 is 29.4 Å². The van der Waals surface area contributed by atoms with Crippen molar-refractivity contribution in [1.82, 2.24) is 5.32 Å². The van der Waals surface area contributed by atoms with E-state index in [1.165, 1.54) is 6.92 Å². The molecule has 2 N–H and O–H groups in total. The maximum atomic E-state index is 12.0. The van der Waals surface area contributed by atoms with E-state index in [1.807, 2.05) is 0 Å². The van der Waals surface area contributed by atoms with E-state index < -0.39 is 17.4 Å². The molecule has 0 radical (unpaired) electrons. The van der Waals surface area contributed by atoms with Crippen LogP contribution in [0.4, 0.5) is 0 Å². The van der Waals surface area contributed by atoms with Crippen molar-refractivity contribution in [2.75, 3.05) is 18.1 Å². The zero-order chi connectivity index (χ0) is 16.9. The monoisotopic (exact) mass is 337 g/mol. The van der Waals surface area contributed by atoms with Crippen molar-refractivity contribution in [1.29, 1.82) is 0 Å². The van der Waals surface area contributed by atoms with Gasteiger partial charge >= 0.3 is 5.97 Å². The molecule has 1 aliphatic rings. The Kier molecular flexibility index (Phi) is 5.65. The second kappa shape index (κ2) is 7.50. The number of hydrogen-bond acceptors (Lipinski definition) is 5. The second-order valence-electron chi connectivity index (χ2n) is 5.42. The SMILES string of the molecule is CC(=O)c1cccc(OCC(=O)NC2(C(=O)O)CCSCC2)c1. The highest BCUT2D eigenvalue weighted by Crippen LogP contribution is 2.27. The Morgan fingerprint density at radius 1 is 1.30 bits per heavy atom. The van der Waals surface area contributed by atoms with Crippen molar-refractivity contribution in [3.8, 4) is 5.75 Å². The fourth-order valence-electron chi connectivity index (χ4n) is 2.37. The van der Waals surface area contributed by atoms with Gasteiger partial charge in [-0.05, 0) is 43.4 Å². The Morgan fingerprint density at radius 2 is 2.00 bits per heavy atom. The molecule has 1 saturated heterocycles. The van der Waals surface area contributed by atoms with E-state index in [0.717, 1.165) is 0 Å². The predicted octanol–water partition coefficient (Wildman–Crippen LogP) is 1.73.